The van der Waals surface area contributed by atoms with Crippen LogP contribution in [0.4, 0.5) is 11.4 Å². The van der Waals surface area contributed by atoms with Gasteiger partial charge in [0.25, 0.3) is 11.6 Å². The van der Waals surface area contributed by atoms with Crippen molar-refractivity contribution in [3.05, 3.63) is 92.5 Å². The molecule has 0 bridgehead atoms. The summed E-state index contributed by atoms with van der Waals surface area (Å²) in [6, 6.07) is 17.6. The summed E-state index contributed by atoms with van der Waals surface area (Å²) in [6.07, 6.45) is 0. The third-order valence-corrected chi connectivity index (χ3v) is 5.38. The maximum Gasteiger partial charge on any atom is 0.336 e. The summed E-state index contributed by atoms with van der Waals surface area (Å²) in [4.78, 5) is 27.2. The minimum absolute atomic E-state index is 0.159. The summed E-state index contributed by atoms with van der Waals surface area (Å²) in [6.45, 7) is 0. The number of carbonyl (C=O) groups is 1. The smallest absolute Gasteiger partial charge is 0.336 e. The number of anilines is 1. The van der Waals surface area contributed by atoms with E-state index >= 15 is 0 Å². The van der Waals surface area contributed by atoms with Gasteiger partial charge in [-0.2, -0.15) is 4.98 Å². The molecule has 0 radical (unpaired) electrons. The number of carbonyl (C=O) groups excluding carboxylic acids is 1. The van der Waals surface area contributed by atoms with E-state index in [1.807, 2.05) is 0 Å². The SMILES string of the molecule is COc1nc(-c2ccc(Cl)c(Cl)c2)n(-c2ccc(NC(=O)c3cccc([N+](=O)[O-])c3)cc2)n1. The summed E-state index contributed by atoms with van der Waals surface area (Å²) in [5.41, 5.74) is 1.85. The van der Waals surface area contributed by atoms with Crippen LogP contribution in [0.2, 0.25) is 10.0 Å². The number of aromatic nitrogens is 3. The van der Waals surface area contributed by atoms with Crippen LogP contribution in [0.1, 0.15) is 10.4 Å². The molecule has 1 amide bonds. The van der Waals surface area contributed by atoms with Gasteiger partial charge in [0.1, 0.15) is 0 Å². The van der Waals surface area contributed by atoms with Gasteiger partial charge in [0.2, 0.25) is 0 Å². The minimum Gasteiger partial charge on any atom is -0.466 e. The number of halogens is 2. The summed E-state index contributed by atoms with van der Waals surface area (Å²) in [5.74, 6) is 0.0177. The molecule has 0 aliphatic heterocycles. The second-order valence-electron chi connectivity index (χ2n) is 6.77. The molecule has 9 nitrogen and oxygen atoms in total. The Bertz CT molecular complexity index is 1360. The van der Waals surface area contributed by atoms with E-state index in [1.165, 1.54) is 31.4 Å². The number of ether oxygens (including phenoxy) is 1. The highest BCUT2D eigenvalue weighted by molar-refractivity contribution is 6.42. The van der Waals surface area contributed by atoms with Gasteiger partial charge in [-0.15, -0.1) is 5.10 Å². The molecule has 0 spiro atoms. The predicted molar refractivity (Wildman–Crippen MR) is 124 cm³/mol. The molecule has 0 atom stereocenters. The summed E-state index contributed by atoms with van der Waals surface area (Å²) < 4.78 is 6.75. The van der Waals surface area contributed by atoms with E-state index in [0.29, 0.717) is 32.8 Å². The number of nitrogens with one attached hydrogen (secondary N) is 1. The molecule has 1 heterocycles. The Morgan fingerprint density at radius 2 is 1.82 bits per heavy atom. The van der Waals surface area contributed by atoms with Crippen molar-refractivity contribution in [3.63, 3.8) is 0 Å². The van der Waals surface area contributed by atoms with E-state index in [9.17, 15) is 14.9 Å². The molecule has 0 aliphatic carbocycles. The molecule has 11 heteroatoms. The molecule has 0 saturated heterocycles. The number of hydrogen-bond donors (Lipinski definition) is 1. The van der Waals surface area contributed by atoms with Crippen molar-refractivity contribution < 1.29 is 14.5 Å². The van der Waals surface area contributed by atoms with E-state index in [1.54, 1.807) is 47.1 Å². The third kappa shape index (κ3) is 4.79. The van der Waals surface area contributed by atoms with Crippen molar-refractivity contribution in [1.29, 1.82) is 0 Å². The molecule has 0 aliphatic rings. The minimum atomic E-state index is -0.552. The summed E-state index contributed by atoms with van der Waals surface area (Å²) in [5, 5.41) is 18.8. The van der Waals surface area contributed by atoms with Crippen LogP contribution in [-0.4, -0.2) is 32.7 Å². The van der Waals surface area contributed by atoms with Crippen LogP contribution in [0, 0.1) is 10.1 Å². The molecule has 33 heavy (non-hydrogen) atoms. The number of hydrogen-bond acceptors (Lipinski definition) is 6. The zero-order chi connectivity index (χ0) is 23.5. The molecule has 1 aromatic heterocycles. The number of nitro groups is 1. The maximum absolute atomic E-state index is 12.5. The van der Waals surface area contributed by atoms with Crippen molar-refractivity contribution in [2.45, 2.75) is 0 Å². The van der Waals surface area contributed by atoms with Gasteiger partial charge in [-0.05, 0) is 48.5 Å². The van der Waals surface area contributed by atoms with Crippen LogP contribution in [0.25, 0.3) is 17.1 Å². The van der Waals surface area contributed by atoms with E-state index < -0.39 is 10.8 Å². The number of benzene rings is 3. The Labute approximate surface area is 197 Å². The Morgan fingerprint density at radius 1 is 1.06 bits per heavy atom. The van der Waals surface area contributed by atoms with Crippen LogP contribution in [0.5, 0.6) is 6.01 Å². The lowest BCUT2D eigenvalue weighted by Crippen LogP contribution is -2.12. The van der Waals surface area contributed by atoms with Crippen molar-refractivity contribution in [3.8, 4) is 23.1 Å². The lowest BCUT2D eigenvalue weighted by atomic mass is 10.2. The molecular formula is C22H15Cl2N5O4. The van der Waals surface area contributed by atoms with Crippen molar-refractivity contribution in [1.82, 2.24) is 14.8 Å². The quantitative estimate of drug-likeness (QED) is 0.289. The van der Waals surface area contributed by atoms with Gasteiger partial charge in [-0.25, -0.2) is 4.68 Å². The van der Waals surface area contributed by atoms with Crippen LogP contribution < -0.4 is 10.1 Å². The normalized spacial score (nSPS) is 10.6. The third-order valence-electron chi connectivity index (χ3n) is 4.64. The lowest BCUT2D eigenvalue weighted by molar-refractivity contribution is -0.384. The number of non-ortho nitro benzene ring substituents is 1. The van der Waals surface area contributed by atoms with E-state index in [0.717, 1.165) is 0 Å². The fourth-order valence-corrected chi connectivity index (χ4v) is 3.33. The van der Waals surface area contributed by atoms with Crippen molar-refractivity contribution in [2.75, 3.05) is 12.4 Å². The number of rotatable bonds is 6. The molecular weight excluding hydrogens is 469 g/mol. The molecule has 0 fully saturated rings. The number of amides is 1. The lowest BCUT2D eigenvalue weighted by Gasteiger charge is -2.09. The number of methoxy groups -OCH3 is 1. The highest BCUT2D eigenvalue weighted by atomic mass is 35.5. The molecule has 3 aromatic carbocycles. The highest BCUT2D eigenvalue weighted by Gasteiger charge is 2.16. The van der Waals surface area contributed by atoms with Crippen LogP contribution >= 0.6 is 23.2 Å². The maximum atomic E-state index is 12.5. The van der Waals surface area contributed by atoms with Gasteiger partial charge in [-0.3, -0.25) is 14.9 Å². The topological polar surface area (TPSA) is 112 Å². The first-order valence-electron chi connectivity index (χ1n) is 9.48. The van der Waals surface area contributed by atoms with Gasteiger partial charge in [0.15, 0.2) is 5.82 Å². The Kier molecular flexibility index (Phi) is 6.25. The molecule has 1 N–H and O–H groups in total. The Balaban J connectivity index is 1.60. The van der Waals surface area contributed by atoms with Crippen LogP contribution in [0.3, 0.4) is 0 Å². The summed E-state index contributed by atoms with van der Waals surface area (Å²) >= 11 is 12.2. The van der Waals surface area contributed by atoms with Gasteiger partial charge in [-0.1, -0.05) is 29.3 Å². The summed E-state index contributed by atoms with van der Waals surface area (Å²) in [7, 11) is 1.46. The van der Waals surface area contributed by atoms with Crippen LogP contribution in [0.15, 0.2) is 66.7 Å². The van der Waals surface area contributed by atoms with E-state index in [-0.39, 0.29) is 17.3 Å². The first kappa shape index (κ1) is 22.3. The van der Waals surface area contributed by atoms with Crippen LogP contribution in [-0.2, 0) is 0 Å². The highest BCUT2D eigenvalue weighted by Crippen LogP contribution is 2.30. The zero-order valence-corrected chi connectivity index (χ0v) is 18.5. The van der Waals surface area contributed by atoms with Gasteiger partial charge >= 0.3 is 6.01 Å². The second-order valence-corrected chi connectivity index (χ2v) is 7.59. The second kappa shape index (κ2) is 9.27. The largest absolute Gasteiger partial charge is 0.466 e. The molecule has 4 rings (SSSR count). The van der Waals surface area contributed by atoms with Gasteiger partial charge < -0.3 is 10.1 Å². The number of nitrogens with zero attached hydrogens (tertiary/aromatic N) is 4. The van der Waals surface area contributed by atoms with Gasteiger partial charge in [0.05, 0.1) is 27.8 Å². The van der Waals surface area contributed by atoms with E-state index in [2.05, 4.69) is 15.4 Å². The fraction of sp³-hybridized carbons (Fsp3) is 0.0455. The molecule has 166 valence electrons. The average molecular weight is 484 g/mol. The fourth-order valence-electron chi connectivity index (χ4n) is 3.03. The van der Waals surface area contributed by atoms with Crippen molar-refractivity contribution >= 4 is 40.5 Å². The first-order chi connectivity index (χ1) is 15.9. The Morgan fingerprint density at radius 3 is 2.48 bits per heavy atom. The molecule has 0 unspecified atom stereocenters. The number of nitro benzene ring substituents is 1. The van der Waals surface area contributed by atoms with E-state index in [4.69, 9.17) is 27.9 Å². The monoisotopic (exact) mass is 483 g/mol. The molecule has 0 saturated carbocycles. The zero-order valence-electron chi connectivity index (χ0n) is 17.0. The first-order valence-corrected chi connectivity index (χ1v) is 10.2. The standard InChI is InChI=1S/C22H15Cl2N5O4/c1-33-22-26-20(13-5-10-18(23)19(24)12-13)28(27-22)16-8-6-15(7-9-16)25-21(30)14-3-2-4-17(11-14)29(31)32/h2-12H,1H3,(H,25,30). The predicted octanol–water partition coefficient (Wildman–Crippen LogP) is 5.41. The molecule has 4 aromatic rings. The average Bonchev–Trinajstić information content (AvgIpc) is 3.26. The van der Waals surface area contributed by atoms with Crippen molar-refractivity contribution in [2.24, 2.45) is 0 Å². The van der Waals surface area contributed by atoms with Gasteiger partial charge in [0, 0.05) is 28.9 Å². The Hall–Kier alpha value is -3.95.